The zero-order valence-corrected chi connectivity index (χ0v) is 7.22. The van der Waals surface area contributed by atoms with E-state index in [1.165, 1.54) is 0 Å². The minimum absolute atomic E-state index is 0.502. The molecule has 2 heterocycles. The smallest absolute Gasteiger partial charge is 0.216 e. The fourth-order valence-corrected chi connectivity index (χ4v) is 1.12. The van der Waals surface area contributed by atoms with Gasteiger partial charge in [-0.05, 0) is 24.4 Å². The molecule has 0 unspecified atom stereocenters. The van der Waals surface area contributed by atoms with E-state index in [-0.39, 0.29) is 0 Å². The summed E-state index contributed by atoms with van der Waals surface area (Å²) >= 11 is 4.95. The van der Waals surface area contributed by atoms with E-state index in [2.05, 4.69) is 20.6 Å². The molecule has 0 aliphatic heterocycles. The van der Waals surface area contributed by atoms with Crippen molar-refractivity contribution in [1.29, 1.82) is 0 Å². The molecule has 5 nitrogen and oxygen atoms in total. The lowest BCUT2D eigenvalue weighted by atomic mass is 10.5. The van der Waals surface area contributed by atoms with Gasteiger partial charge in [-0.1, -0.05) is 0 Å². The molecule has 0 fully saturated rings. The fraction of sp³-hybridized carbons (Fsp3) is 0.167. The highest BCUT2D eigenvalue weighted by atomic mass is 32.1. The molecule has 62 valence electrons. The van der Waals surface area contributed by atoms with Gasteiger partial charge in [0.25, 0.3) is 0 Å². The zero-order chi connectivity index (χ0) is 8.55. The molecule has 12 heavy (non-hydrogen) atoms. The summed E-state index contributed by atoms with van der Waals surface area (Å²) in [4.78, 5) is 0. The first-order valence-corrected chi connectivity index (χ1v) is 3.84. The van der Waals surface area contributed by atoms with Crippen LogP contribution in [0.5, 0.6) is 0 Å². The predicted molar refractivity (Wildman–Crippen MR) is 47.7 cm³/mol. The van der Waals surface area contributed by atoms with E-state index in [1.54, 1.807) is 11.6 Å². The summed E-state index contributed by atoms with van der Waals surface area (Å²) in [5.74, 6) is 0.764. The summed E-state index contributed by atoms with van der Waals surface area (Å²) in [6.45, 7) is 0. The largest absolute Gasteiger partial charge is 0.372 e. The van der Waals surface area contributed by atoms with E-state index in [0.29, 0.717) is 4.77 Å². The summed E-state index contributed by atoms with van der Waals surface area (Å²) < 4.78 is 2.07. The van der Waals surface area contributed by atoms with Gasteiger partial charge in [0.1, 0.15) is 5.82 Å². The third-order valence-electron chi connectivity index (χ3n) is 1.53. The normalized spacial score (nSPS) is 10.4. The van der Waals surface area contributed by atoms with Gasteiger partial charge in [-0.25, -0.2) is 5.10 Å². The van der Waals surface area contributed by atoms with Crippen LogP contribution in [0.15, 0.2) is 12.1 Å². The average molecular weight is 181 g/mol. The number of fused-ring (bicyclic) bond motifs is 1. The van der Waals surface area contributed by atoms with Crippen molar-refractivity contribution in [2.45, 2.75) is 0 Å². The van der Waals surface area contributed by atoms with E-state index in [1.807, 2.05) is 12.1 Å². The van der Waals surface area contributed by atoms with Gasteiger partial charge < -0.3 is 5.32 Å². The minimum Gasteiger partial charge on any atom is -0.372 e. The molecule has 0 amide bonds. The lowest BCUT2D eigenvalue weighted by Gasteiger charge is -1.96. The van der Waals surface area contributed by atoms with Crippen molar-refractivity contribution >= 4 is 23.7 Å². The van der Waals surface area contributed by atoms with Crippen LogP contribution in [-0.2, 0) is 0 Å². The first-order valence-electron chi connectivity index (χ1n) is 3.43. The molecule has 6 heteroatoms. The summed E-state index contributed by atoms with van der Waals surface area (Å²) in [7, 11) is 1.80. The van der Waals surface area contributed by atoms with Crippen molar-refractivity contribution in [2.75, 3.05) is 12.4 Å². The molecular formula is C6H7N5S. The van der Waals surface area contributed by atoms with Crippen LogP contribution in [0.1, 0.15) is 0 Å². The van der Waals surface area contributed by atoms with Crippen LogP contribution >= 0.6 is 12.2 Å². The van der Waals surface area contributed by atoms with Crippen molar-refractivity contribution in [1.82, 2.24) is 19.8 Å². The van der Waals surface area contributed by atoms with Crippen molar-refractivity contribution in [2.24, 2.45) is 0 Å². The molecule has 0 saturated heterocycles. The quantitative estimate of drug-likeness (QED) is 0.640. The third kappa shape index (κ3) is 0.964. The summed E-state index contributed by atoms with van der Waals surface area (Å²) in [6.07, 6.45) is 0. The molecule has 0 bridgehead atoms. The molecule has 0 radical (unpaired) electrons. The number of nitrogens with one attached hydrogen (secondary N) is 2. The Bertz CT molecular complexity index is 456. The molecule has 2 N–H and O–H groups in total. The van der Waals surface area contributed by atoms with Crippen molar-refractivity contribution in [3.05, 3.63) is 16.9 Å². The van der Waals surface area contributed by atoms with Gasteiger partial charge in [0.2, 0.25) is 4.77 Å². The molecule has 0 saturated carbocycles. The Hall–Kier alpha value is -1.43. The fourth-order valence-electron chi connectivity index (χ4n) is 0.936. The van der Waals surface area contributed by atoms with Gasteiger partial charge in [0.05, 0.1) is 0 Å². The molecule has 0 spiro atoms. The molecule has 0 aliphatic rings. The van der Waals surface area contributed by atoms with Gasteiger partial charge in [-0.15, -0.1) is 5.10 Å². The molecular weight excluding hydrogens is 174 g/mol. The van der Waals surface area contributed by atoms with Crippen LogP contribution in [0.25, 0.3) is 5.65 Å². The van der Waals surface area contributed by atoms with Crippen LogP contribution in [0.4, 0.5) is 5.82 Å². The number of hydrogen-bond acceptors (Lipinski definition) is 4. The molecule has 2 rings (SSSR count). The maximum Gasteiger partial charge on any atom is 0.216 e. The van der Waals surface area contributed by atoms with Crippen molar-refractivity contribution in [3.8, 4) is 0 Å². The lowest BCUT2D eigenvalue weighted by molar-refractivity contribution is 0.913. The SMILES string of the molecule is CNc1ccc2n[nH]c(=S)n2n1. The van der Waals surface area contributed by atoms with Gasteiger partial charge in [-0.2, -0.15) is 9.61 Å². The number of aromatic nitrogens is 4. The van der Waals surface area contributed by atoms with Gasteiger partial charge in [0, 0.05) is 7.05 Å². The number of aromatic amines is 1. The Morgan fingerprint density at radius 3 is 3.17 bits per heavy atom. The number of rotatable bonds is 1. The van der Waals surface area contributed by atoms with Crippen LogP contribution in [0, 0.1) is 4.77 Å². The number of anilines is 1. The summed E-state index contributed by atoms with van der Waals surface area (Å²) in [5.41, 5.74) is 0.721. The van der Waals surface area contributed by atoms with Crippen molar-refractivity contribution < 1.29 is 0 Å². The Balaban J connectivity index is 2.80. The maximum atomic E-state index is 4.95. The molecule has 0 aliphatic carbocycles. The standard InChI is InChI=1S/C6H7N5S/c1-7-4-2-3-5-8-9-6(12)11(5)10-4/h2-3H,1H3,(H,7,10)(H,9,12). The van der Waals surface area contributed by atoms with Gasteiger partial charge in [0.15, 0.2) is 5.65 Å². The second kappa shape index (κ2) is 2.56. The highest BCUT2D eigenvalue weighted by Gasteiger charge is 1.97. The number of hydrogen-bond donors (Lipinski definition) is 2. The van der Waals surface area contributed by atoms with E-state index in [0.717, 1.165) is 11.5 Å². The Labute approximate surface area is 73.4 Å². The number of nitrogens with zero attached hydrogens (tertiary/aromatic N) is 3. The molecule has 0 aromatic carbocycles. The molecule has 2 aromatic rings. The van der Waals surface area contributed by atoms with Gasteiger partial charge >= 0.3 is 0 Å². The van der Waals surface area contributed by atoms with Crippen molar-refractivity contribution in [3.63, 3.8) is 0 Å². The summed E-state index contributed by atoms with van der Waals surface area (Å²) in [5, 5.41) is 13.7. The van der Waals surface area contributed by atoms with Crippen LogP contribution in [-0.4, -0.2) is 26.9 Å². The Morgan fingerprint density at radius 1 is 1.58 bits per heavy atom. The van der Waals surface area contributed by atoms with E-state index >= 15 is 0 Å². The van der Waals surface area contributed by atoms with Crippen LogP contribution in [0.3, 0.4) is 0 Å². The topological polar surface area (TPSA) is 58.0 Å². The molecule has 0 atom stereocenters. The minimum atomic E-state index is 0.502. The van der Waals surface area contributed by atoms with Crippen LogP contribution in [0.2, 0.25) is 0 Å². The maximum absolute atomic E-state index is 4.95. The Morgan fingerprint density at radius 2 is 2.42 bits per heavy atom. The Kier molecular flexibility index (Phi) is 1.54. The zero-order valence-electron chi connectivity index (χ0n) is 6.40. The first-order chi connectivity index (χ1) is 5.81. The third-order valence-corrected chi connectivity index (χ3v) is 1.79. The second-order valence-corrected chi connectivity index (χ2v) is 2.65. The predicted octanol–water partition coefficient (Wildman–Crippen LogP) is 0.829. The monoisotopic (exact) mass is 181 g/mol. The highest BCUT2D eigenvalue weighted by Crippen LogP contribution is 2.03. The second-order valence-electron chi connectivity index (χ2n) is 2.27. The highest BCUT2D eigenvalue weighted by molar-refractivity contribution is 7.71. The average Bonchev–Trinajstić information content (AvgIpc) is 2.47. The van der Waals surface area contributed by atoms with E-state index < -0.39 is 0 Å². The summed E-state index contributed by atoms with van der Waals surface area (Å²) in [6, 6.07) is 3.68. The van der Waals surface area contributed by atoms with Gasteiger partial charge in [-0.3, -0.25) is 0 Å². The first kappa shape index (κ1) is 7.23. The van der Waals surface area contributed by atoms with E-state index in [4.69, 9.17) is 12.2 Å². The van der Waals surface area contributed by atoms with E-state index in [9.17, 15) is 0 Å². The van der Waals surface area contributed by atoms with Crippen LogP contribution < -0.4 is 5.32 Å². The lowest BCUT2D eigenvalue weighted by Crippen LogP contribution is -1.97. The number of H-pyrrole nitrogens is 1. The molecule has 2 aromatic heterocycles.